The number of hydrogen-bond acceptors (Lipinski definition) is 1. The van der Waals surface area contributed by atoms with E-state index in [4.69, 9.17) is 0 Å². The lowest BCUT2D eigenvalue weighted by Gasteiger charge is -2.13. The zero-order valence-corrected chi connectivity index (χ0v) is 9.03. The van der Waals surface area contributed by atoms with Crippen molar-refractivity contribution in [3.63, 3.8) is 0 Å². The van der Waals surface area contributed by atoms with Crippen molar-refractivity contribution in [3.8, 4) is 0 Å². The highest BCUT2D eigenvalue weighted by molar-refractivity contribution is 5.85. The Bertz CT molecular complexity index is 308. The van der Waals surface area contributed by atoms with Gasteiger partial charge in [0, 0.05) is 6.04 Å². The summed E-state index contributed by atoms with van der Waals surface area (Å²) in [6, 6.07) is 5.70. The third-order valence-electron chi connectivity index (χ3n) is 2.75. The van der Waals surface area contributed by atoms with Crippen LogP contribution >= 0.6 is 12.4 Å². The van der Waals surface area contributed by atoms with Crippen LogP contribution in [0, 0.1) is 12.7 Å². The van der Waals surface area contributed by atoms with E-state index in [-0.39, 0.29) is 18.2 Å². The molecule has 0 saturated carbocycles. The van der Waals surface area contributed by atoms with Gasteiger partial charge in [-0.3, -0.25) is 0 Å². The van der Waals surface area contributed by atoms with Gasteiger partial charge < -0.3 is 5.32 Å². The average molecular weight is 216 g/mol. The molecule has 1 aromatic carbocycles. The lowest BCUT2D eigenvalue weighted by atomic mass is 10.00. The second-order valence-corrected chi connectivity index (χ2v) is 3.60. The van der Waals surface area contributed by atoms with E-state index in [0.29, 0.717) is 6.04 Å². The van der Waals surface area contributed by atoms with Crippen molar-refractivity contribution >= 4 is 12.4 Å². The van der Waals surface area contributed by atoms with E-state index in [9.17, 15) is 4.39 Å². The van der Waals surface area contributed by atoms with E-state index in [2.05, 4.69) is 5.32 Å². The second-order valence-electron chi connectivity index (χ2n) is 3.60. The van der Waals surface area contributed by atoms with Crippen LogP contribution in [0.25, 0.3) is 0 Å². The van der Waals surface area contributed by atoms with E-state index in [0.717, 1.165) is 24.1 Å². The van der Waals surface area contributed by atoms with Gasteiger partial charge in [-0.25, -0.2) is 4.39 Å². The lowest BCUT2D eigenvalue weighted by Crippen LogP contribution is -2.14. The molecule has 0 radical (unpaired) electrons. The highest BCUT2D eigenvalue weighted by Gasteiger charge is 2.18. The third-order valence-corrected chi connectivity index (χ3v) is 2.75. The second kappa shape index (κ2) is 4.76. The van der Waals surface area contributed by atoms with Gasteiger partial charge in [0.1, 0.15) is 5.82 Å². The summed E-state index contributed by atoms with van der Waals surface area (Å²) in [5.41, 5.74) is 1.92. The molecule has 1 atom stereocenters. The number of benzene rings is 1. The molecule has 1 nitrogen and oxygen atoms in total. The van der Waals surface area contributed by atoms with Crippen LogP contribution in [0.1, 0.15) is 30.0 Å². The maximum atomic E-state index is 13.2. The summed E-state index contributed by atoms with van der Waals surface area (Å²) >= 11 is 0. The van der Waals surface area contributed by atoms with Crippen molar-refractivity contribution in [2.24, 2.45) is 0 Å². The topological polar surface area (TPSA) is 12.0 Å². The van der Waals surface area contributed by atoms with Crippen LogP contribution < -0.4 is 5.32 Å². The Labute approximate surface area is 90.1 Å². The minimum atomic E-state index is -0.0915. The molecule has 1 fully saturated rings. The van der Waals surface area contributed by atoms with Gasteiger partial charge in [-0.2, -0.15) is 0 Å². The fourth-order valence-electron chi connectivity index (χ4n) is 1.95. The minimum Gasteiger partial charge on any atom is -0.310 e. The first-order chi connectivity index (χ1) is 6.29. The standard InChI is InChI=1S/C11H14FN.ClH/c1-8-9(4-2-5-10(8)12)11-6-3-7-13-11;/h2,4-5,11,13H,3,6-7H2,1H3;1H/t11-;/m0./s1. The smallest absolute Gasteiger partial charge is 0.126 e. The Balaban J connectivity index is 0.000000980. The monoisotopic (exact) mass is 215 g/mol. The van der Waals surface area contributed by atoms with Crippen molar-refractivity contribution in [1.29, 1.82) is 0 Å². The van der Waals surface area contributed by atoms with Crippen molar-refractivity contribution in [2.45, 2.75) is 25.8 Å². The molecule has 2 rings (SSSR count). The quantitative estimate of drug-likeness (QED) is 0.760. The molecule has 0 spiro atoms. The van der Waals surface area contributed by atoms with Gasteiger partial charge >= 0.3 is 0 Å². The molecule has 78 valence electrons. The highest BCUT2D eigenvalue weighted by atomic mass is 35.5. The molecule has 1 aliphatic rings. The Morgan fingerprint density at radius 1 is 1.43 bits per heavy atom. The van der Waals surface area contributed by atoms with Crippen molar-refractivity contribution < 1.29 is 4.39 Å². The van der Waals surface area contributed by atoms with Crippen molar-refractivity contribution in [3.05, 3.63) is 35.1 Å². The van der Waals surface area contributed by atoms with Crippen LogP contribution in [0.4, 0.5) is 4.39 Å². The summed E-state index contributed by atoms with van der Waals surface area (Å²) in [6.45, 7) is 2.91. The van der Waals surface area contributed by atoms with Gasteiger partial charge in [-0.1, -0.05) is 12.1 Å². The van der Waals surface area contributed by atoms with Gasteiger partial charge in [0.05, 0.1) is 0 Å². The molecule has 1 aromatic rings. The summed E-state index contributed by atoms with van der Waals surface area (Å²) in [7, 11) is 0. The molecule has 0 aromatic heterocycles. The van der Waals surface area contributed by atoms with Crippen LogP contribution in [0.5, 0.6) is 0 Å². The fraction of sp³-hybridized carbons (Fsp3) is 0.455. The van der Waals surface area contributed by atoms with E-state index in [1.165, 1.54) is 12.5 Å². The maximum Gasteiger partial charge on any atom is 0.126 e. The number of rotatable bonds is 1. The van der Waals surface area contributed by atoms with E-state index < -0.39 is 0 Å². The molecule has 3 heteroatoms. The normalized spacial score (nSPS) is 20.6. The Morgan fingerprint density at radius 3 is 2.86 bits per heavy atom. The van der Waals surface area contributed by atoms with Crippen molar-refractivity contribution in [1.82, 2.24) is 5.32 Å². The molecule has 1 saturated heterocycles. The van der Waals surface area contributed by atoms with E-state index >= 15 is 0 Å². The van der Waals surface area contributed by atoms with Crippen molar-refractivity contribution in [2.75, 3.05) is 6.54 Å². The molecular weight excluding hydrogens is 201 g/mol. The predicted octanol–water partition coefficient (Wildman–Crippen LogP) is 2.98. The van der Waals surface area contributed by atoms with Crippen LogP contribution in [0.3, 0.4) is 0 Å². The van der Waals surface area contributed by atoms with Crippen LogP contribution in [0.15, 0.2) is 18.2 Å². The molecule has 0 aliphatic carbocycles. The molecule has 0 unspecified atom stereocenters. The Kier molecular flexibility index (Phi) is 3.90. The lowest BCUT2D eigenvalue weighted by molar-refractivity contribution is 0.595. The maximum absolute atomic E-state index is 13.2. The summed E-state index contributed by atoms with van der Waals surface area (Å²) in [6.07, 6.45) is 2.32. The van der Waals surface area contributed by atoms with E-state index in [1.54, 1.807) is 6.07 Å². The van der Waals surface area contributed by atoms with Crippen LogP contribution in [-0.2, 0) is 0 Å². The zero-order chi connectivity index (χ0) is 9.26. The fourth-order valence-corrected chi connectivity index (χ4v) is 1.95. The molecule has 0 amide bonds. The molecule has 1 aliphatic heterocycles. The predicted molar refractivity (Wildman–Crippen MR) is 58.4 cm³/mol. The van der Waals surface area contributed by atoms with Gasteiger partial charge in [0.25, 0.3) is 0 Å². The largest absolute Gasteiger partial charge is 0.310 e. The van der Waals surface area contributed by atoms with Gasteiger partial charge in [-0.15, -0.1) is 12.4 Å². The van der Waals surface area contributed by atoms with Gasteiger partial charge in [0.2, 0.25) is 0 Å². The number of nitrogens with one attached hydrogen (secondary N) is 1. The first kappa shape index (κ1) is 11.5. The van der Waals surface area contributed by atoms with Crippen LogP contribution in [0.2, 0.25) is 0 Å². The average Bonchev–Trinajstić information content (AvgIpc) is 2.62. The molecule has 1 N–H and O–H groups in total. The summed E-state index contributed by atoms with van der Waals surface area (Å²) in [4.78, 5) is 0. The summed E-state index contributed by atoms with van der Waals surface area (Å²) < 4.78 is 13.2. The minimum absolute atomic E-state index is 0. The first-order valence-electron chi connectivity index (χ1n) is 4.77. The molecular formula is C11H15ClFN. The molecule has 14 heavy (non-hydrogen) atoms. The third kappa shape index (κ3) is 2.07. The number of halogens is 2. The van der Waals surface area contributed by atoms with E-state index in [1.807, 2.05) is 13.0 Å². The SMILES string of the molecule is Cc1c(F)cccc1[C@@H]1CCCN1.Cl. The summed E-state index contributed by atoms with van der Waals surface area (Å²) in [5, 5.41) is 3.37. The first-order valence-corrected chi connectivity index (χ1v) is 4.77. The Hall–Kier alpha value is -0.600. The zero-order valence-electron chi connectivity index (χ0n) is 8.22. The van der Waals surface area contributed by atoms with Crippen LogP contribution in [-0.4, -0.2) is 6.54 Å². The number of hydrogen-bond donors (Lipinski definition) is 1. The summed E-state index contributed by atoms with van der Waals surface area (Å²) in [5.74, 6) is -0.0915. The molecule has 1 heterocycles. The Morgan fingerprint density at radius 2 is 2.21 bits per heavy atom. The van der Waals surface area contributed by atoms with Gasteiger partial charge in [0.15, 0.2) is 0 Å². The highest BCUT2D eigenvalue weighted by Crippen LogP contribution is 2.26. The molecule has 0 bridgehead atoms. The van der Waals surface area contributed by atoms with Gasteiger partial charge in [-0.05, 0) is 43.5 Å².